The molecule has 3 aromatic rings. The van der Waals surface area contributed by atoms with Gasteiger partial charge in [-0.25, -0.2) is 9.67 Å². The summed E-state index contributed by atoms with van der Waals surface area (Å²) in [6, 6.07) is 7.39. The summed E-state index contributed by atoms with van der Waals surface area (Å²) in [6.45, 7) is 8.31. The van der Waals surface area contributed by atoms with Crippen molar-refractivity contribution in [2.24, 2.45) is 5.92 Å². The van der Waals surface area contributed by atoms with Crippen LogP contribution in [0.15, 0.2) is 29.1 Å². The lowest BCUT2D eigenvalue weighted by molar-refractivity contribution is 0.330. The van der Waals surface area contributed by atoms with Gasteiger partial charge < -0.3 is 4.90 Å². The van der Waals surface area contributed by atoms with Gasteiger partial charge in [-0.1, -0.05) is 0 Å². The van der Waals surface area contributed by atoms with Gasteiger partial charge >= 0.3 is 0 Å². The Morgan fingerprint density at radius 1 is 1.04 bits per heavy atom. The van der Waals surface area contributed by atoms with Crippen LogP contribution in [0.4, 0.5) is 5.82 Å². The van der Waals surface area contributed by atoms with E-state index in [-0.39, 0.29) is 5.56 Å². The van der Waals surface area contributed by atoms with E-state index in [1.54, 1.807) is 16.8 Å². The van der Waals surface area contributed by atoms with Gasteiger partial charge in [-0.3, -0.25) is 4.79 Å². The maximum atomic E-state index is 11.9. The zero-order chi connectivity index (χ0) is 16.8. The SMILES string of the molecule is Cc1cc(N2CC(Cn3nc(C)ccc3=O)C2)n2nc(C)cc2n1. The molecule has 0 aromatic carbocycles. The quantitative estimate of drug-likeness (QED) is 0.727. The summed E-state index contributed by atoms with van der Waals surface area (Å²) in [5.74, 6) is 1.48. The highest BCUT2D eigenvalue weighted by Gasteiger charge is 2.29. The van der Waals surface area contributed by atoms with E-state index < -0.39 is 0 Å². The Kier molecular flexibility index (Phi) is 3.37. The summed E-state index contributed by atoms with van der Waals surface area (Å²) in [7, 11) is 0. The Morgan fingerprint density at radius 3 is 2.62 bits per heavy atom. The van der Waals surface area contributed by atoms with Gasteiger partial charge in [0.05, 0.1) is 17.9 Å². The van der Waals surface area contributed by atoms with Crippen LogP contribution in [0.3, 0.4) is 0 Å². The summed E-state index contributed by atoms with van der Waals surface area (Å²) >= 11 is 0. The minimum Gasteiger partial charge on any atom is -0.356 e. The largest absolute Gasteiger partial charge is 0.356 e. The van der Waals surface area contributed by atoms with Gasteiger partial charge in [0, 0.05) is 42.9 Å². The van der Waals surface area contributed by atoms with Gasteiger partial charge in [-0.15, -0.1) is 0 Å². The lowest BCUT2D eigenvalue weighted by atomic mass is 10.0. The second-order valence-corrected chi connectivity index (χ2v) is 6.58. The minimum atomic E-state index is -0.0381. The monoisotopic (exact) mass is 324 g/mol. The van der Waals surface area contributed by atoms with Crippen molar-refractivity contribution in [3.05, 3.63) is 51.7 Å². The molecular weight excluding hydrogens is 304 g/mol. The molecule has 0 bridgehead atoms. The Bertz CT molecular complexity index is 967. The molecule has 1 saturated heterocycles. The highest BCUT2D eigenvalue weighted by atomic mass is 16.1. The predicted octanol–water partition coefficient (Wildman–Crippen LogP) is 1.35. The van der Waals surface area contributed by atoms with Crippen LogP contribution in [-0.4, -0.2) is 37.5 Å². The van der Waals surface area contributed by atoms with Crippen molar-refractivity contribution in [3.8, 4) is 0 Å². The van der Waals surface area contributed by atoms with E-state index in [4.69, 9.17) is 0 Å². The highest BCUT2D eigenvalue weighted by Crippen LogP contribution is 2.26. The van der Waals surface area contributed by atoms with Gasteiger partial charge in [-0.05, 0) is 26.8 Å². The second-order valence-electron chi connectivity index (χ2n) is 6.58. The molecule has 0 radical (unpaired) electrons. The number of nitrogens with zero attached hydrogens (tertiary/aromatic N) is 6. The van der Waals surface area contributed by atoms with Crippen molar-refractivity contribution in [2.75, 3.05) is 18.0 Å². The molecule has 7 heteroatoms. The number of fused-ring (bicyclic) bond motifs is 1. The van der Waals surface area contributed by atoms with E-state index in [9.17, 15) is 4.79 Å². The van der Waals surface area contributed by atoms with Crippen LogP contribution in [0.25, 0.3) is 5.65 Å². The Balaban J connectivity index is 1.54. The summed E-state index contributed by atoms with van der Waals surface area (Å²) < 4.78 is 3.47. The molecule has 1 aliphatic heterocycles. The molecule has 124 valence electrons. The lowest BCUT2D eigenvalue weighted by Gasteiger charge is -2.40. The number of aryl methyl sites for hydroxylation is 3. The average Bonchev–Trinajstić information content (AvgIpc) is 2.85. The molecule has 4 rings (SSSR count). The number of hydrogen-bond donors (Lipinski definition) is 0. The number of anilines is 1. The van der Waals surface area contributed by atoms with Gasteiger partial charge in [0.15, 0.2) is 5.65 Å². The molecular formula is C17H20N6O. The minimum absolute atomic E-state index is 0.0381. The Morgan fingerprint density at radius 2 is 1.83 bits per heavy atom. The third-order valence-corrected chi connectivity index (χ3v) is 4.37. The standard InChI is InChI=1S/C17H20N6O/c1-11-4-5-17(24)22(19-11)10-14-8-21(9-14)16-7-12(2)18-15-6-13(3)20-23(15)16/h4-7,14H,8-10H2,1-3H3. The molecule has 1 aliphatic rings. The molecule has 0 aliphatic carbocycles. The van der Waals surface area contributed by atoms with Crippen molar-refractivity contribution >= 4 is 11.5 Å². The fourth-order valence-corrected chi connectivity index (χ4v) is 3.22. The van der Waals surface area contributed by atoms with Crippen LogP contribution in [0.2, 0.25) is 0 Å². The van der Waals surface area contributed by atoms with Crippen molar-refractivity contribution in [1.82, 2.24) is 24.4 Å². The number of hydrogen-bond acceptors (Lipinski definition) is 5. The molecule has 1 fully saturated rings. The van der Waals surface area contributed by atoms with Crippen LogP contribution in [0, 0.1) is 26.7 Å². The van der Waals surface area contributed by atoms with Gasteiger partial charge in [-0.2, -0.15) is 14.7 Å². The van der Waals surface area contributed by atoms with Crippen molar-refractivity contribution in [3.63, 3.8) is 0 Å². The van der Waals surface area contributed by atoms with Gasteiger partial charge in [0.2, 0.25) is 0 Å². The lowest BCUT2D eigenvalue weighted by Crippen LogP contribution is -2.50. The van der Waals surface area contributed by atoms with Crippen molar-refractivity contribution in [1.29, 1.82) is 0 Å². The maximum absolute atomic E-state index is 11.9. The first-order valence-corrected chi connectivity index (χ1v) is 8.13. The van der Waals surface area contributed by atoms with Gasteiger partial charge in [0.25, 0.3) is 5.56 Å². The van der Waals surface area contributed by atoms with Crippen LogP contribution in [0.1, 0.15) is 17.1 Å². The summed E-state index contributed by atoms with van der Waals surface area (Å²) in [5, 5.41) is 8.85. The molecule has 0 amide bonds. The number of aromatic nitrogens is 5. The van der Waals surface area contributed by atoms with E-state index in [0.29, 0.717) is 12.5 Å². The smallest absolute Gasteiger partial charge is 0.266 e. The molecule has 0 saturated carbocycles. The third kappa shape index (κ3) is 2.55. The predicted molar refractivity (Wildman–Crippen MR) is 91.4 cm³/mol. The zero-order valence-electron chi connectivity index (χ0n) is 14.1. The van der Waals surface area contributed by atoms with Crippen LogP contribution >= 0.6 is 0 Å². The Hall–Kier alpha value is -2.70. The van der Waals surface area contributed by atoms with Crippen molar-refractivity contribution in [2.45, 2.75) is 27.3 Å². The van der Waals surface area contributed by atoms with E-state index in [0.717, 1.165) is 41.6 Å². The molecule has 4 heterocycles. The Labute approximate surface area is 139 Å². The van der Waals surface area contributed by atoms with Gasteiger partial charge in [0.1, 0.15) is 5.82 Å². The zero-order valence-corrected chi connectivity index (χ0v) is 14.1. The number of rotatable bonds is 3. The molecule has 24 heavy (non-hydrogen) atoms. The summed E-state index contributed by atoms with van der Waals surface area (Å²) in [4.78, 5) is 18.7. The fraction of sp³-hybridized carbons (Fsp3) is 0.412. The third-order valence-electron chi connectivity index (χ3n) is 4.37. The van der Waals surface area contributed by atoms with Crippen LogP contribution in [-0.2, 0) is 6.54 Å². The first-order chi connectivity index (χ1) is 11.5. The molecule has 0 spiro atoms. The first kappa shape index (κ1) is 14.9. The first-order valence-electron chi connectivity index (χ1n) is 8.13. The molecule has 3 aromatic heterocycles. The highest BCUT2D eigenvalue weighted by molar-refractivity contribution is 5.53. The molecule has 0 unspecified atom stereocenters. The normalized spacial score (nSPS) is 15.0. The van der Waals surface area contributed by atoms with E-state index in [1.807, 2.05) is 31.4 Å². The van der Waals surface area contributed by atoms with Crippen molar-refractivity contribution < 1.29 is 0 Å². The second kappa shape index (κ2) is 5.43. The van der Waals surface area contributed by atoms with E-state index in [1.165, 1.54) is 0 Å². The molecule has 7 nitrogen and oxygen atoms in total. The van der Waals surface area contributed by atoms with E-state index >= 15 is 0 Å². The average molecular weight is 324 g/mol. The molecule has 0 N–H and O–H groups in total. The summed E-state index contributed by atoms with van der Waals surface area (Å²) in [6.07, 6.45) is 0. The summed E-state index contributed by atoms with van der Waals surface area (Å²) in [5.41, 5.74) is 3.65. The topological polar surface area (TPSA) is 68.3 Å². The van der Waals surface area contributed by atoms with E-state index in [2.05, 4.69) is 26.1 Å². The van der Waals surface area contributed by atoms with Crippen LogP contribution < -0.4 is 10.5 Å². The molecule has 0 atom stereocenters. The fourth-order valence-electron chi connectivity index (χ4n) is 3.22. The maximum Gasteiger partial charge on any atom is 0.266 e. The van der Waals surface area contributed by atoms with Crippen LogP contribution in [0.5, 0.6) is 0 Å².